The van der Waals surface area contributed by atoms with Gasteiger partial charge < -0.3 is 4.74 Å². The van der Waals surface area contributed by atoms with E-state index in [1.807, 2.05) is 91.9 Å². The van der Waals surface area contributed by atoms with Crippen molar-refractivity contribution >= 4 is 21.8 Å². The summed E-state index contributed by atoms with van der Waals surface area (Å²) in [7, 11) is 0. The predicted octanol–water partition coefficient (Wildman–Crippen LogP) is 9.45. The summed E-state index contributed by atoms with van der Waals surface area (Å²) in [6.07, 6.45) is 0.550. The molecule has 0 fully saturated rings. The number of benzene rings is 4. The van der Waals surface area contributed by atoms with Gasteiger partial charge >= 0.3 is 12.2 Å². The second-order valence-electron chi connectivity index (χ2n) is 11.0. The zero-order chi connectivity index (χ0) is 33.2. The summed E-state index contributed by atoms with van der Waals surface area (Å²) in [5.41, 5.74) is 5.17. The van der Waals surface area contributed by atoms with E-state index in [1.54, 1.807) is 24.4 Å². The van der Waals surface area contributed by atoms with E-state index in [1.165, 1.54) is 4.68 Å². The number of hydrogen-bond acceptors (Lipinski definition) is 4. The smallest absolute Gasteiger partial charge is 0.457 e. The van der Waals surface area contributed by atoms with Crippen LogP contribution in [0.1, 0.15) is 29.2 Å². The van der Waals surface area contributed by atoms with Crippen LogP contribution in [0.15, 0.2) is 115 Å². The van der Waals surface area contributed by atoms with E-state index < -0.39 is 12.2 Å². The molecule has 0 N–H and O–H groups in total. The Morgan fingerprint density at radius 2 is 1.52 bits per heavy atom. The Hall–Kier alpha value is -7.20. The topological polar surface area (TPSA) is 81.7 Å². The summed E-state index contributed by atoms with van der Waals surface area (Å²) in [6, 6.07) is 35.2. The third-order valence-corrected chi connectivity index (χ3v) is 8.08. The number of rotatable bonds is 7. The first-order valence-corrected chi connectivity index (χ1v) is 15.0. The van der Waals surface area contributed by atoms with Crippen LogP contribution in [0.2, 0.25) is 0 Å². The summed E-state index contributed by atoms with van der Waals surface area (Å²) in [6.45, 7) is 25.4. The van der Waals surface area contributed by atoms with Crippen LogP contribution in [0, 0.1) is 38.0 Å². The molecule has 3 aromatic heterocycles. The first-order chi connectivity index (χ1) is 23.5. The Labute approximate surface area is 276 Å². The highest BCUT2D eigenvalue weighted by Crippen LogP contribution is 2.40. The van der Waals surface area contributed by atoms with Gasteiger partial charge in [0.15, 0.2) is 11.8 Å². The van der Waals surface area contributed by atoms with Gasteiger partial charge in [-0.2, -0.15) is 10.4 Å². The molecular formula is C39H24N8O. The van der Waals surface area contributed by atoms with Crippen molar-refractivity contribution in [3.63, 3.8) is 0 Å². The monoisotopic (exact) mass is 620 g/mol. The lowest BCUT2D eigenvalue weighted by molar-refractivity contribution is 0.482. The average molecular weight is 621 g/mol. The SMILES string of the molecule is [C-]#[N+]C(C#N)c1nn(-c2cccc(Oc3ccc4c5ccccc5n(-c5cc(C)ccn5)c4c3)c2)c(C([N+]#[C-])[N+]#[C-])c1-c1ccccc1. The molecule has 9 heteroatoms. The highest BCUT2D eigenvalue weighted by atomic mass is 16.5. The lowest BCUT2D eigenvalue weighted by Crippen LogP contribution is -2.05. The normalized spacial score (nSPS) is 11.5. The zero-order valence-corrected chi connectivity index (χ0v) is 25.6. The van der Waals surface area contributed by atoms with E-state index in [9.17, 15) is 5.26 Å². The molecule has 7 rings (SSSR count). The molecule has 3 heterocycles. The Morgan fingerprint density at radius 3 is 2.27 bits per heavy atom. The highest BCUT2D eigenvalue weighted by Gasteiger charge is 2.38. The van der Waals surface area contributed by atoms with Crippen LogP contribution in [0.3, 0.4) is 0 Å². The van der Waals surface area contributed by atoms with Crippen molar-refractivity contribution in [1.29, 1.82) is 5.26 Å². The lowest BCUT2D eigenvalue weighted by atomic mass is 9.98. The average Bonchev–Trinajstić information content (AvgIpc) is 3.66. The Kier molecular flexibility index (Phi) is 7.56. The molecule has 0 amide bonds. The highest BCUT2D eigenvalue weighted by molar-refractivity contribution is 6.09. The molecule has 0 saturated carbocycles. The quantitative estimate of drug-likeness (QED) is 0.166. The van der Waals surface area contributed by atoms with Crippen LogP contribution in [0.5, 0.6) is 11.5 Å². The van der Waals surface area contributed by atoms with Crippen molar-refractivity contribution in [2.75, 3.05) is 0 Å². The van der Waals surface area contributed by atoms with Crippen LogP contribution in [-0.2, 0) is 0 Å². The minimum Gasteiger partial charge on any atom is -0.457 e. The third-order valence-electron chi connectivity index (χ3n) is 8.08. The van der Waals surface area contributed by atoms with Crippen LogP contribution >= 0.6 is 0 Å². The molecule has 0 bridgehead atoms. The maximum Gasteiger partial charge on any atom is 0.519 e. The summed E-state index contributed by atoms with van der Waals surface area (Å²) in [5, 5.41) is 16.7. The minimum absolute atomic E-state index is 0.195. The van der Waals surface area contributed by atoms with Gasteiger partial charge in [0.05, 0.1) is 22.3 Å². The van der Waals surface area contributed by atoms with Crippen molar-refractivity contribution < 1.29 is 4.74 Å². The number of pyridine rings is 1. The van der Waals surface area contributed by atoms with Gasteiger partial charge in [-0.3, -0.25) is 9.41 Å². The summed E-state index contributed by atoms with van der Waals surface area (Å²) >= 11 is 0. The number of aryl methyl sites for hydroxylation is 1. The minimum atomic E-state index is -1.25. The summed E-state index contributed by atoms with van der Waals surface area (Å²) < 4.78 is 10.0. The van der Waals surface area contributed by atoms with E-state index >= 15 is 0 Å². The van der Waals surface area contributed by atoms with Gasteiger partial charge in [0, 0.05) is 29.1 Å². The molecule has 0 aliphatic heterocycles. The van der Waals surface area contributed by atoms with Crippen LogP contribution in [-0.4, -0.2) is 19.3 Å². The van der Waals surface area contributed by atoms with E-state index in [4.69, 9.17) is 29.6 Å². The molecule has 1 unspecified atom stereocenters. The number of hydrogen-bond donors (Lipinski definition) is 0. The lowest BCUT2D eigenvalue weighted by Gasteiger charge is -2.11. The molecule has 0 radical (unpaired) electrons. The summed E-state index contributed by atoms with van der Waals surface area (Å²) in [4.78, 5) is 15.3. The molecule has 0 saturated heterocycles. The first kappa shape index (κ1) is 29.5. The fourth-order valence-electron chi connectivity index (χ4n) is 6.00. The first-order valence-electron chi connectivity index (χ1n) is 15.0. The second-order valence-corrected chi connectivity index (χ2v) is 11.0. The molecule has 0 aliphatic carbocycles. The van der Waals surface area contributed by atoms with Crippen LogP contribution < -0.4 is 4.74 Å². The predicted molar refractivity (Wildman–Crippen MR) is 183 cm³/mol. The van der Waals surface area contributed by atoms with Crippen LogP contribution in [0.4, 0.5) is 0 Å². The standard InChI is InChI=1S/C39H24N8O/c1-25-19-20-44-35(21-25)46-33-16-9-8-15-30(33)31-18-17-29(23-34(31)46)48-28-14-10-13-27(22-28)47-38(39(42-3)43-4)36(26-11-6-5-7-12-26)37(45-47)32(24-40)41-2/h5-23,32,39H,1H3. The van der Waals surface area contributed by atoms with Crippen molar-refractivity contribution in [1.82, 2.24) is 19.3 Å². The van der Waals surface area contributed by atoms with E-state index in [2.05, 4.69) is 36.2 Å². The third kappa shape index (κ3) is 5.05. The molecule has 4 aromatic carbocycles. The number of nitrogens with zero attached hydrogens (tertiary/aromatic N) is 8. The molecule has 1 atom stereocenters. The fourth-order valence-corrected chi connectivity index (χ4v) is 6.00. The van der Waals surface area contributed by atoms with Gasteiger partial charge in [-0.15, -0.1) is 0 Å². The number of fused-ring (bicyclic) bond motifs is 3. The zero-order valence-electron chi connectivity index (χ0n) is 25.6. The Balaban J connectivity index is 1.36. The molecule has 48 heavy (non-hydrogen) atoms. The van der Waals surface area contributed by atoms with Gasteiger partial charge in [0.2, 0.25) is 5.69 Å². The maximum absolute atomic E-state index is 9.85. The van der Waals surface area contributed by atoms with Crippen molar-refractivity contribution in [2.45, 2.75) is 19.1 Å². The maximum atomic E-state index is 9.85. The van der Waals surface area contributed by atoms with Gasteiger partial charge in [-0.25, -0.2) is 39.1 Å². The van der Waals surface area contributed by atoms with Crippen molar-refractivity contribution in [3.8, 4) is 40.2 Å². The largest absolute Gasteiger partial charge is 0.519 e. The van der Waals surface area contributed by atoms with Gasteiger partial charge in [0.25, 0.3) is 0 Å². The molecule has 0 aliphatic rings. The van der Waals surface area contributed by atoms with Gasteiger partial charge in [-0.1, -0.05) is 54.6 Å². The Bertz CT molecular complexity index is 2490. The van der Waals surface area contributed by atoms with Gasteiger partial charge in [-0.05, 0) is 60.5 Å². The fraction of sp³-hybridized carbons (Fsp3) is 0.0769. The molecule has 9 nitrogen and oxygen atoms in total. The summed E-state index contributed by atoms with van der Waals surface area (Å²) in [5.74, 6) is 1.90. The van der Waals surface area contributed by atoms with E-state index in [0.29, 0.717) is 34.0 Å². The second kappa shape index (κ2) is 12.3. The Morgan fingerprint density at radius 1 is 0.771 bits per heavy atom. The number of ether oxygens (including phenoxy) is 1. The molecular weight excluding hydrogens is 596 g/mol. The van der Waals surface area contributed by atoms with Crippen molar-refractivity contribution in [2.24, 2.45) is 0 Å². The molecule has 226 valence electrons. The van der Waals surface area contributed by atoms with Gasteiger partial charge in [0.1, 0.15) is 17.3 Å². The van der Waals surface area contributed by atoms with E-state index in [0.717, 1.165) is 33.2 Å². The number of aromatic nitrogens is 4. The van der Waals surface area contributed by atoms with Crippen molar-refractivity contribution in [3.05, 3.63) is 167 Å². The number of nitriles is 1. The molecule has 0 spiro atoms. The van der Waals surface area contributed by atoms with Crippen LogP contribution in [0.25, 0.3) is 59.0 Å². The number of para-hydroxylation sites is 1. The van der Waals surface area contributed by atoms with E-state index in [-0.39, 0.29) is 5.69 Å². The molecule has 7 aromatic rings.